The minimum Gasteiger partial charge on any atom is -0.502 e. The van der Waals surface area contributed by atoms with E-state index in [9.17, 15) is 14.0 Å². The summed E-state index contributed by atoms with van der Waals surface area (Å²) in [5.41, 5.74) is 1.11. The van der Waals surface area contributed by atoms with Gasteiger partial charge in [0.05, 0.1) is 0 Å². The zero-order valence-electron chi connectivity index (χ0n) is 10.8. The van der Waals surface area contributed by atoms with Crippen LogP contribution in [0.4, 0.5) is 4.39 Å². The molecule has 1 aromatic heterocycles. The molecule has 0 spiro atoms. The Balaban J connectivity index is 2.27. The summed E-state index contributed by atoms with van der Waals surface area (Å²) in [4.78, 5) is 25.1. The van der Waals surface area contributed by atoms with Crippen molar-refractivity contribution < 1.29 is 24.2 Å². The van der Waals surface area contributed by atoms with Gasteiger partial charge in [-0.05, 0) is 17.2 Å². The maximum absolute atomic E-state index is 13.6. The van der Waals surface area contributed by atoms with E-state index in [0.29, 0.717) is 17.2 Å². The van der Waals surface area contributed by atoms with E-state index in [1.807, 2.05) is 0 Å². The molecule has 1 heterocycles. The Morgan fingerprint density at radius 1 is 1.14 bits per heavy atom. The number of ketones is 1. The molecule has 108 valence electrons. The Hall–Kier alpha value is -2.89. The summed E-state index contributed by atoms with van der Waals surface area (Å²) < 4.78 is 13.6. The number of aliphatic carboxylic acids is 1. The number of aromatic nitrogens is 1. The molecular formula is C15H12FNO4. The average Bonchev–Trinajstić information content (AvgIpc) is 2.89. The Kier molecular flexibility index (Phi) is 4.18. The second-order valence-electron chi connectivity index (χ2n) is 4.36. The molecule has 0 saturated heterocycles. The summed E-state index contributed by atoms with van der Waals surface area (Å²) in [5.74, 6) is -3.68. The van der Waals surface area contributed by atoms with Crippen molar-refractivity contribution in [1.82, 2.24) is 4.98 Å². The Labute approximate surface area is 119 Å². The fraction of sp³-hybridized carbons (Fsp3) is 0.0667. The number of rotatable bonds is 5. The van der Waals surface area contributed by atoms with Crippen LogP contribution >= 0.6 is 0 Å². The highest BCUT2D eigenvalue weighted by Crippen LogP contribution is 2.17. The minimum atomic E-state index is -1.59. The summed E-state index contributed by atoms with van der Waals surface area (Å²) >= 11 is 0. The Bertz CT molecular complexity index is 718. The predicted octanol–water partition coefficient (Wildman–Crippen LogP) is 2.45. The second-order valence-corrected chi connectivity index (χ2v) is 4.36. The first-order valence-electron chi connectivity index (χ1n) is 6.06. The van der Waals surface area contributed by atoms with Crippen LogP contribution in [0.1, 0.15) is 21.5 Å². The zero-order valence-corrected chi connectivity index (χ0v) is 10.8. The molecule has 0 radical (unpaired) electrons. The monoisotopic (exact) mass is 289 g/mol. The van der Waals surface area contributed by atoms with Gasteiger partial charge in [0.25, 0.3) is 0 Å². The molecule has 0 aliphatic heterocycles. The van der Waals surface area contributed by atoms with E-state index in [2.05, 4.69) is 4.98 Å². The highest BCUT2D eigenvalue weighted by atomic mass is 19.1. The van der Waals surface area contributed by atoms with E-state index in [-0.39, 0.29) is 17.8 Å². The number of aliphatic hydroxyl groups is 1. The first-order valence-corrected chi connectivity index (χ1v) is 6.06. The number of aliphatic hydroxyl groups excluding tert-OH is 1. The van der Waals surface area contributed by atoms with Gasteiger partial charge in [0.15, 0.2) is 5.78 Å². The number of carbonyl (C=O) groups is 2. The molecule has 0 aliphatic rings. The molecule has 6 heteroatoms. The van der Waals surface area contributed by atoms with Gasteiger partial charge in [-0.25, -0.2) is 9.18 Å². The molecule has 0 bridgehead atoms. The van der Waals surface area contributed by atoms with Crippen LogP contribution in [0.25, 0.3) is 0 Å². The number of carbonyl (C=O) groups excluding carboxylic acids is 1. The number of aromatic amines is 1. The molecule has 0 amide bonds. The van der Waals surface area contributed by atoms with Crippen LogP contribution in [-0.2, 0) is 11.2 Å². The molecule has 0 unspecified atom stereocenters. The normalized spacial score (nSPS) is 11.4. The third kappa shape index (κ3) is 3.36. The third-order valence-corrected chi connectivity index (χ3v) is 2.92. The van der Waals surface area contributed by atoms with Crippen molar-refractivity contribution in [1.29, 1.82) is 0 Å². The lowest BCUT2D eigenvalue weighted by Gasteiger charge is -2.03. The van der Waals surface area contributed by atoms with Gasteiger partial charge in [0.2, 0.25) is 5.76 Å². The van der Waals surface area contributed by atoms with E-state index in [1.54, 1.807) is 18.2 Å². The number of nitrogens with one attached hydrogen (secondary N) is 1. The molecule has 0 fully saturated rings. The second kappa shape index (κ2) is 6.04. The van der Waals surface area contributed by atoms with Crippen molar-refractivity contribution in [2.45, 2.75) is 6.42 Å². The molecule has 1 aromatic carbocycles. The standard InChI is InChI=1S/C15H12FNO4/c16-12-4-2-1-3-9(12)5-10-7-17-8-11(10)13(18)6-14(19)15(20)21/h1-4,6-8,17,19H,5H2,(H,20,21). The zero-order chi connectivity index (χ0) is 15.4. The molecule has 5 nitrogen and oxygen atoms in total. The maximum Gasteiger partial charge on any atom is 0.371 e. The van der Waals surface area contributed by atoms with Crippen molar-refractivity contribution in [3.8, 4) is 0 Å². The molecule has 3 N–H and O–H groups in total. The van der Waals surface area contributed by atoms with Gasteiger partial charge in [0.1, 0.15) is 5.82 Å². The largest absolute Gasteiger partial charge is 0.502 e. The van der Waals surface area contributed by atoms with Gasteiger partial charge < -0.3 is 15.2 Å². The lowest BCUT2D eigenvalue weighted by Crippen LogP contribution is -2.05. The summed E-state index contributed by atoms with van der Waals surface area (Å²) in [6, 6.07) is 6.17. The average molecular weight is 289 g/mol. The van der Waals surface area contributed by atoms with Crippen LogP contribution in [0.5, 0.6) is 0 Å². The lowest BCUT2D eigenvalue weighted by atomic mass is 10.0. The molecular weight excluding hydrogens is 277 g/mol. The van der Waals surface area contributed by atoms with Gasteiger partial charge in [-0.3, -0.25) is 4.79 Å². The van der Waals surface area contributed by atoms with Crippen molar-refractivity contribution in [3.63, 3.8) is 0 Å². The van der Waals surface area contributed by atoms with Crippen LogP contribution in [0.2, 0.25) is 0 Å². The number of allylic oxidation sites excluding steroid dienone is 1. The smallest absolute Gasteiger partial charge is 0.371 e. The number of hydrogen-bond acceptors (Lipinski definition) is 3. The molecule has 0 aliphatic carbocycles. The summed E-state index contributed by atoms with van der Waals surface area (Å²) in [7, 11) is 0. The molecule has 2 aromatic rings. The molecule has 0 saturated carbocycles. The molecule has 21 heavy (non-hydrogen) atoms. The quantitative estimate of drug-likeness (QED) is 0.448. The Morgan fingerprint density at radius 2 is 1.86 bits per heavy atom. The number of H-pyrrole nitrogens is 1. The first-order chi connectivity index (χ1) is 9.99. The van der Waals surface area contributed by atoms with Gasteiger partial charge in [-0.2, -0.15) is 0 Å². The van der Waals surface area contributed by atoms with E-state index in [4.69, 9.17) is 10.2 Å². The van der Waals surface area contributed by atoms with Gasteiger partial charge in [-0.1, -0.05) is 18.2 Å². The summed E-state index contributed by atoms with van der Waals surface area (Å²) in [6.07, 6.45) is 3.71. The molecule has 0 atom stereocenters. The van der Waals surface area contributed by atoms with E-state index >= 15 is 0 Å². The lowest BCUT2D eigenvalue weighted by molar-refractivity contribution is -0.135. The van der Waals surface area contributed by atoms with Crippen LogP contribution < -0.4 is 0 Å². The summed E-state index contributed by atoms with van der Waals surface area (Å²) in [6.45, 7) is 0. The number of carboxylic acids is 1. The van der Waals surface area contributed by atoms with Crippen LogP contribution in [0.15, 0.2) is 48.5 Å². The fourth-order valence-electron chi connectivity index (χ4n) is 1.88. The predicted molar refractivity (Wildman–Crippen MR) is 72.7 cm³/mol. The van der Waals surface area contributed by atoms with Crippen molar-refractivity contribution in [3.05, 3.63) is 71.0 Å². The third-order valence-electron chi connectivity index (χ3n) is 2.92. The number of carboxylic acid groups (broad SMARTS) is 1. The SMILES string of the molecule is O=C(O)C(O)=CC(=O)c1c[nH]cc1Cc1ccccc1F. The van der Waals surface area contributed by atoms with Crippen molar-refractivity contribution in [2.75, 3.05) is 0 Å². The number of hydrogen-bond donors (Lipinski definition) is 3. The van der Waals surface area contributed by atoms with Gasteiger partial charge >= 0.3 is 5.97 Å². The van der Waals surface area contributed by atoms with E-state index < -0.39 is 17.5 Å². The number of halogens is 1. The summed E-state index contributed by atoms with van der Waals surface area (Å²) in [5, 5.41) is 17.6. The van der Waals surface area contributed by atoms with Gasteiger partial charge in [-0.15, -0.1) is 0 Å². The highest BCUT2D eigenvalue weighted by Gasteiger charge is 2.15. The van der Waals surface area contributed by atoms with Crippen LogP contribution in [0.3, 0.4) is 0 Å². The molecule has 2 rings (SSSR count). The van der Waals surface area contributed by atoms with Crippen LogP contribution in [0, 0.1) is 5.82 Å². The highest BCUT2D eigenvalue weighted by molar-refractivity contribution is 6.08. The first kappa shape index (κ1) is 14.5. The van der Waals surface area contributed by atoms with Crippen molar-refractivity contribution >= 4 is 11.8 Å². The maximum atomic E-state index is 13.6. The van der Waals surface area contributed by atoms with Crippen LogP contribution in [-0.4, -0.2) is 26.9 Å². The fourth-order valence-corrected chi connectivity index (χ4v) is 1.88. The van der Waals surface area contributed by atoms with E-state index in [1.165, 1.54) is 18.5 Å². The van der Waals surface area contributed by atoms with Gasteiger partial charge in [0, 0.05) is 30.5 Å². The minimum absolute atomic E-state index is 0.179. The number of benzene rings is 1. The topological polar surface area (TPSA) is 90.4 Å². The Morgan fingerprint density at radius 3 is 2.52 bits per heavy atom. The van der Waals surface area contributed by atoms with E-state index in [0.717, 1.165) is 0 Å². The van der Waals surface area contributed by atoms with Crippen molar-refractivity contribution in [2.24, 2.45) is 0 Å².